The molecule has 0 amide bonds. The van der Waals surface area contributed by atoms with E-state index in [-0.39, 0.29) is 0 Å². The summed E-state index contributed by atoms with van der Waals surface area (Å²) in [6.07, 6.45) is 0. The summed E-state index contributed by atoms with van der Waals surface area (Å²) in [4.78, 5) is 2.73. The summed E-state index contributed by atoms with van der Waals surface area (Å²) >= 11 is 0.326. The Labute approximate surface area is 165 Å². The van der Waals surface area contributed by atoms with Crippen LogP contribution in [-0.2, 0) is 0 Å². The second-order valence-corrected chi connectivity index (χ2v) is 8.65. The molecular weight excluding hydrogens is 385 g/mol. The van der Waals surface area contributed by atoms with E-state index in [0.717, 1.165) is 24.6 Å². The minimum absolute atomic E-state index is 0.326. The molecule has 0 bridgehead atoms. The Hall–Kier alpha value is -1.70. The molecule has 0 aromatic heterocycles. The third kappa shape index (κ3) is 4.52. The molecule has 3 rings (SSSR count). The van der Waals surface area contributed by atoms with Crippen molar-refractivity contribution in [2.24, 2.45) is 0 Å². The van der Waals surface area contributed by atoms with E-state index < -0.39 is 0 Å². The van der Waals surface area contributed by atoms with Crippen LogP contribution in [0.2, 0.25) is 4.82 Å². The number of rotatable bonds is 5. The Morgan fingerprint density at radius 3 is 2.31 bits per heavy atom. The molecule has 1 aliphatic heterocycles. The van der Waals surface area contributed by atoms with Crippen molar-refractivity contribution in [3.63, 3.8) is 0 Å². The first-order valence-electron chi connectivity index (χ1n) is 9.61. The van der Waals surface area contributed by atoms with Gasteiger partial charge < -0.3 is 0 Å². The van der Waals surface area contributed by atoms with Crippen LogP contribution in [-0.4, -0.2) is 28.0 Å². The van der Waals surface area contributed by atoms with Crippen LogP contribution < -0.4 is 14.1 Å². The number of benzene rings is 2. The van der Waals surface area contributed by atoms with Gasteiger partial charge in [-0.1, -0.05) is 13.8 Å². The second kappa shape index (κ2) is 9.85. The first-order chi connectivity index (χ1) is 12.6. The van der Waals surface area contributed by atoms with Crippen LogP contribution in [0.3, 0.4) is 0 Å². The van der Waals surface area contributed by atoms with Crippen molar-refractivity contribution in [1.82, 2.24) is 0 Å². The van der Waals surface area contributed by atoms with E-state index in [1.54, 1.807) is 0 Å². The maximum atomic E-state index is 6.16. The largest absolute Gasteiger partial charge is 0.0683 e. The molecule has 1 heterocycles. The van der Waals surface area contributed by atoms with Crippen LogP contribution in [0.25, 0.3) is 0 Å². The maximum Gasteiger partial charge on any atom is -0.0683 e. The van der Waals surface area contributed by atoms with Crippen molar-refractivity contribution >= 4 is 25.1 Å². The fourth-order valence-corrected chi connectivity index (χ4v) is 5.61. The molecule has 2 aromatic carbocycles. The van der Waals surface area contributed by atoms with Gasteiger partial charge in [0.2, 0.25) is 0 Å². The molecular formula is C23H31NOSe. The molecule has 1 aliphatic rings. The molecule has 0 spiro atoms. The molecule has 0 aliphatic carbocycles. The molecule has 0 fully saturated rings. The fourth-order valence-electron chi connectivity index (χ4n) is 3.23. The summed E-state index contributed by atoms with van der Waals surface area (Å²) in [6, 6.07) is 17.4. The quantitative estimate of drug-likeness (QED) is 0.607. The fraction of sp³-hybridized carbons (Fsp3) is 0.391. The average molecular weight is 416 g/mol. The number of nitrogens with zero attached hydrogens (tertiary/aromatic N) is 1. The van der Waals surface area contributed by atoms with Gasteiger partial charge >= 0.3 is 152 Å². The Morgan fingerprint density at radius 2 is 1.69 bits per heavy atom. The summed E-state index contributed by atoms with van der Waals surface area (Å²) in [7, 11) is 0. The van der Waals surface area contributed by atoms with Crippen molar-refractivity contribution in [2.75, 3.05) is 18.0 Å². The van der Waals surface area contributed by atoms with Gasteiger partial charge in [0.05, 0.1) is 0 Å². The van der Waals surface area contributed by atoms with E-state index in [1.165, 1.54) is 15.7 Å². The second-order valence-electron chi connectivity index (χ2n) is 6.10. The SMILES string of the molecule is C=C1Oc2cc(N(CC)CC)ccc2[C@@H](C)C1[Se]c1ccccc1.CC. The Balaban J connectivity index is 0.00000117. The van der Waals surface area contributed by atoms with Gasteiger partial charge in [0, 0.05) is 0 Å². The van der Waals surface area contributed by atoms with Crippen LogP contribution in [0.4, 0.5) is 5.69 Å². The predicted octanol–water partition coefficient (Wildman–Crippen LogP) is 5.39. The Morgan fingerprint density at radius 1 is 1.04 bits per heavy atom. The van der Waals surface area contributed by atoms with Crippen LogP contribution in [0.5, 0.6) is 5.75 Å². The normalized spacial score (nSPS) is 18.3. The van der Waals surface area contributed by atoms with Crippen molar-refractivity contribution in [2.45, 2.75) is 45.4 Å². The van der Waals surface area contributed by atoms with E-state index >= 15 is 0 Å². The zero-order valence-corrected chi connectivity index (χ0v) is 18.4. The van der Waals surface area contributed by atoms with Gasteiger partial charge in [-0.2, -0.15) is 0 Å². The standard InChI is InChI=1S/C21H25NOSe.C2H6/c1-5-22(6-2)17-12-13-19-15(3)21(16(4)23-20(19)14-17)24-18-10-8-7-9-11-18;1-2/h7-15,21H,4-6H2,1-3H3;1-2H3/t15-,21?;/m1./s1. The zero-order chi connectivity index (χ0) is 19.1. The minimum atomic E-state index is 0.326. The topological polar surface area (TPSA) is 12.5 Å². The van der Waals surface area contributed by atoms with Gasteiger partial charge in [-0.05, 0) is 0 Å². The molecule has 2 nitrogen and oxygen atoms in total. The maximum absolute atomic E-state index is 6.16. The average Bonchev–Trinajstić information content (AvgIpc) is 2.68. The monoisotopic (exact) mass is 417 g/mol. The van der Waals surface area contributed by atoms with E-state index in [4.69, 9.17) is 4.74 Å². The van der Waals surface area contributed by atoms with Crippen molar-refractivity contribution < 1.29 is 4.74 Å². The van der Waals surface area contributed by atoms with Gasteiger partial charge in [-0.15, -0.1) is 0 Å². The molecule has 1 unspecified atom stereocenters. The number of hydrogen-bond donors (Lipinski definition) is 0. The molecule has 2 atom stereocenters. The summed E-state index contributed by atoms with van der Waals surface area (Å²) in [6.45, 7) is 16.9. The smallest absolute Gasteiger partial charge is 0.0683 e. The minimum Gasteiger partial charge on any atom is -0.0683 e. The van der Waals surface area contributed by atoms with Crippen molar-refractivity contribution in [1.29, 1.82) is 0 Å². The number of ether oxygens (including phenoxy) is 1. The van der Waals surface area contributed by atoms with Crippen LogP contribution in [0.15, 0.2) is 60.9 Å². The number of anilines is 1. The first kappa shape index (κ1) is 20.6. The predicted molar refractivity (Wildman–Crippen MR) is 115 cm³/mol. The van der Waals surface area contributed by atoms with Gasteiger partial charge in [0.1, 0.15) is 0 Å². The first-order valence-corrected chi connectivity index (χ1v) is 11.5. The molecule has 0 radical (unpaired) electrons. The van der Waals surface area contributed by atoms with Crippen molar-refractivity contribution in [3.05, 3.63) is 66.4 Å². The van der Waals surface area contributed by atoms with E-state index in [1.807, 2.05) is 13.8 Å². The number of allylic oxidation sites excluding steroid dienone is 1. The Bertz CT molecular complexity index is 709. The van der Waals surface area contributed by atoms with Crippen LogP contribution >= 0.6 is 0 Å². The van der Waals surface area contributed by atoms with Gasteiger partial charge in [0.25, 0.3) is 0 Å². The molecule has 0 saturated carbocycles. The van der Waals surface area contributed by atoms with Gasteiger partial charge in [0.15, 0.2) is 0 Å². The summed E-state index contributed by atoms with van der Waals surface area (Å²) in [5.41, 5.74) is 2.53. The molecule has 0 N–H and O–H groups in total. The molecule has 26 heavy (non-hydrogen) atoms. The molecule has 3 heteroatoms. The number of fused-ring (bicyclic) bond motifs is 1. The molecule has 140 valence electrons. The summed E-state index contributed by atoms with van der Waals surface area (Å²) in [5, 5.41) is 0. The Kier molecular flexibility index (Phi) is 7.81. The molecule has 2 aromatic rings. The number of hydrogen-bond acceptors (Lipinski definition) is 2. The van der Waals surface area contributed by atoms with Crippen LogP contribution in [0.1, 0.15) is 46.1 Å². The van der Waals surface area contributed by atoms with Crippen molar-refractivity contribution in [3.8, 4) is 5.75 Å². The van der Waals surface area contributed by atoms with Gasteiger partial charge in [-0.3, -0.25) is 0 Å². The van der Waals surface area contributed by atoms with Gasteiger partial charge in [-0.25, -0.2) is 0 Å². The van der Waals surface area contributed by atoms with Crippen LogP contribution in [0, 0.1) is 0 Å². The third-order valence-electron chi connectivity index (χ3n) is 4.64. The summed E-state index contributed by atoms with van der Waals surface area (Å²) in [5.74, 6) is 2.33. The zero-order valence-electron chi connectivity index (χ0n) is 16.7. The third-order valence-corrected chi connectivity index (χ3v) is 7.72. The summed E-state index contributed by atoms with van der Waals surface area (Å²) < 4.78 is 7.56. The molecule has 0 saturated heterocycles. The van der Waals surface area contributed by atoms with E-state index in [0.29, 0.717) is 25.7 Å². The van der Waals surface area contributed by atoms with E-state index in [9.17, 15) is 0 Å². The van der Waals surface area contributed by atoms with E-state index in [2.05, 4.69) is 80.8 Å².